The number of alkyl halides is 5. The summed E-state index contributed by atoms with van der Waals surface area (Å²) in [5.41, 5.74) is -1.78. The Morgan fingerprint density at radius 3 is 2.35 bits per heavy atom. The van der Waals surface area contributed by atoms with E-state index in [1.165, 1.54) is 0 Å². The van der Waals surface area contributed by atoms with E-state index in [4.69, 9.17) is 5.11 Å². The van der Waals surface area contributed by atoms with Gasteiger partial charge in [-0.15, -0.1) is 0 Å². The van der Waals surface area contributed by atoms with Gasteiger partial charge in [0.25, 0.3) is 11.5 Å². The van der Waals surface area contributed by atoms with Crippen LogP contribution in [0.1, 0.15) is 5.56 Å². The number of aliphatic hydroxyl groups is 1. The molecule has 0 amide bonds. The summed E-state index contributed by atoms with van der Waals surface area (Å²) >= 11 is 0. The molecule has 2 heterocycles. The number of carbonyl (C=O) groups excluding carboxylic acids is 1. The number of halogens is 5. The van der Waals surface area contributed by atoms with Crippen LogP contribution in [0, 0.1) is 0 Å². The molecule has 1 aromatic carbocycles. The number of hydrogen-bond donors (Lipinski definition) is 1. The lowest BCUT2D eigenvalue weighted by Crippen LogP contribution is -2.57. The molecule has 142 valence electrons. The number of hydrogen-bond acceptors (Lipinski definition) is 5. The van der Waals surface area contributed by atoms with Gasteiger partial charge < -0.3 is 14.8 Å². The Morgan fingerprint density at radius 2 is 1.85 bits per heavy atom. The molecule has 2 aromatic rings. The van der Waals surface area contributed by atoms with Gasteiger partial charge in [0.2, 0.25) is 0 Å². The van der Waals surface area contributed by atoms with Crippen molar-refractivity contribution in [2.45, 2.75) is 18.6 Å². The third kappa shape index (κ3) is 3.66. The highest BCUT2D eigenvalue weighted by molar-refractivity contribution is 5.92. The van der Waals surface area contributed by atoms with Gasteiger partial charge in [-0.3, -0.25) is 4.79 Å². The first-order valence-corrected chi connectivity index (χ1v) is 7.25. The van der Waals surface area contributed by atoms with E-state index in [2.05, 4.69) is 5.10 Å². The van der Waals surface area contributed by atoms with Crippen molar-refractivity contribution in [2.75, 3.05) is 25.1 Å². The Hall–Kier alpha value is -2.56. The lowest BCUT2D eigenvalue weighted by atomic mass is 10.1. The molecule has 1 fully saturated rings. The minimum Gasteiger partial charge on any atom is -0.400 e. The Kier molecular flexibility index (Phi) is 5.31. The maximum absolute atomic E-state index is 13.1. The van der Waals surface area contributed by atoms with Crippen LogP contribution in [0.15, 0.2) is 23.0 Å². The fraction of sp³-hybridized carbons (Fsp3) is 0.400. The van der Waals surface area contributed by atoms with Crippen molar-refractivity contribution in [3.05, 3.63) is 34.1 Å². The van der Waals surface area contributed by atoms with Gasteiger partial charge in [0.05, 0.1) is 24.0 Å². The van der Waals surface area contributed by atoms with E-state index in [9.17, 15) is 31.5 Å². The highest BCUT2D eigenvalue weighted by Gasteiger charge is 2.45. The van der Waals surface area contributed by atoms with Crippen LogP contribution < -0.4 is 10.5 Å². The van der Waals surface area contributed by atoms with E-state index in [1.807, 2.05) is 0 Å². The molecular formula is C15H14F5N3O3. The number of carbonyl (C=O) groups is 1. The number of aldehydes is 1. The topological polar surface area (TPSA) is 75.4 Å². The molecule has 6 nitrogen and oxygen atoms in total. The van der Waals surface area contributed by atoms with E-state index in [-0.39, 0.29) is 16.6 Å². The quantitative estimate of drug-likeness (QED) is 0.649. The summed E-state index contributed by atoms with van der Waals surface area (Å²) in [7, 11) is 1.00. The average molecular weight is 379 g/mol. The molecule has 0 unspecified atom stereocenters. The zero-order valence-corrected chi connectivity index (χ0v) is 13.4. The fourth-order valence-electron chi connectivity index (χ4n) is 2.53. The summed E-state index contributed by atoms with van der Waals surface area (Å²) in [6.07, 6.45) is -4.26. The summed E-state index contributed by atoms with van der Waals surface area (Å²) in [5.74, 6) is -3.15. The van der Waals surface area contributed by atoms with Gasteiger partial charge in [0, 0.05) is 12.5 Å². The molecule has 0 spiro atoms. The first kappa shape index (κ1) is 19.8. The number of fused-ring (bicyclic) bond motifs is 1. The Morgan fingerprint density at radius 1 is 1.23 bits per heavy atom. The van der Waals surface area contributed by atoms with Gasteiger partial charge in [-0.2, -0.15) is 18.3 Å². The second-order valence-corrected chi connectivity index (χ2v) is 5.45. The van der Waals surface area contributed by atoms with Crippen molar-refractivity contribution < 1.29 is 31.9 Å². The van der Waals surface area contributed by atoms with Crippen molar-refractivity contribution in [3.63, 3.8) is 0 Å². The van der Waals surface area contributed by atoms with Crippen LogP contribution in [0.5, 0.6) is 0 Å². The summed E-state index contributed by atoms with van der Waals surface area (Å²) in [4.78, 5) is 23.9. The molecule has 11 heteroatoms. The SMILES string of the molecule is CO.O=CCn1nc(N2CC(F)(F)C2)c2cc(C(F)(F)F)ccc2c1=O. The van der Waals surface area contributed by atoms with Crippen LogP contribution in [0.2, 0.25) is 0 Å². The zero-order chi connectivity index (χ0) is 19.7. The van der Waals surface area contributed by atoms with Gasteiger partial charge in [0.15, 0.2) is 5.82 Å². The van der Waals surface area contributed by atoms with Crippen LogP contribution in [0.3, 0.4) is 0 Å². The third-order valence-electron chi connectivity index (χ3n) is 3.66. The first-order valence-electron chi connectivity index (χ1n) is 7.25. The fourth-order valence-corrected chi connectivity index (χ4v) is 2.53. The second-order valence-electron chi connectivity index (χ2n) is 5.45. The van der Waals surface area contributed by atoms with Gasteiger partial charge in [-0.05, 0) is 18.2 Å². The van der Waals surface area contributed by atoms with Crippen LogP contribution in [-0.4, -0.2) is 47.3 Å². The molecule has 26 heavy (non-hydrogen) atoms. The third-order valence-corrected chi connectivity index (χ3v) is 3.66. The summed E-state index contributed by atoms with van der Waals surface area (Å²) < 4.78 is 65.6. The van der Waals surface area contributed by atoms with E-state index in [0.717, 1.165) is 28.8 Å². The van der Waals surface area contributed by atoms with Gasteiger partial charge >= 0.3 is 6.18 Å². The normalized spacial score (nSPS) is 15.9. The molecule has 0 radical (unpaired) electrons. The van der Waals surface area contributed by atoms with Crippen molar-refractivity contribution in [1.29, 1.82) is 0 Å². The van der Waals surface area contributed by atoms with Crippen LogP contribution in [0.4, 0.5) is 27.8 Å². The van der Waals surface area contributed by atoms with E-state index >= 15 is 0 Å². The highest BCUT2D eigenvalue weighted by Crippen LogP contribution is 2.36. The molecule has 1 saturated heterocycles. The van der Waals surface area contributed by atoms with Gasteiger partial charge in [-0.25, -0.2) is 13.5 Å². The van der Waals surface area contributed by atoms with Crippen LogP contribution in [0.25, 0.3) is 10.8 Å². The molecule has 3 rings (SSSR count). The maximum Gasteiger partial charge on any atom is 0.416 e. The lowest BCUT2D eigenvalue weighted by molar-refractivity contribution is -0.137. The van der Waals surface area contributed by atoms with E-state index in [1.54, 1.807) is 0 Å². The number of anilines is 1. The van der Waals surface area contributed by atoms with Crippen molar-refractivity contribution in [2.24, 2.45) is 0 Å². The Labute approximate surface area is 143 Å². The molecular weight excluding hydrogens is 365 g/mol. The second kappa shape index (κ2) is 6.98. The van der Waals surface area contributed by atoms with E-state index < -0.39 is 42.9 Å². The minimum atomic E-state index is -4.65. The number of aromatic nitrogens is 2. The average Bonchev–Trinajstić information content (AvgIpc) is 2.56. The predicted molar refractivity (Wildman–Crippen MR) is 82.4 cm³/mol. The van der Waals surface area contributed by atoms with Gasteiger partial charge in [-0.1, -0.05) is 0 Å². The van der Waals surface area contributed by atoms with E-state index in [0.29, 0.717) is 12.4 Å². The summed E-state index contributed by atoms with van der Waals surface area (Å²) in [6.45, 7) is -1.86. The molecule has 0 saturated carbocycles. The smallest absolute Gasteiger partial charge is 0.400 e. The lowest BCUT2D eigenvalue weighted by Gasteiger charge is -2.40. The standard InChI is InChI=1S/C14H10F5N3O2.CH4O/c15-13(16)6-21(7-13)11-10-5-8(14(17,18)19)1-2-9(10)12(24)22(20-11)3-4-23;1-2/h1-2,4-5H,3,6-7H2;2H,1H3. The van der Waals surface area contributed by atoms with Gasteiger partial charge in [0.1, 0.15) is 12.8 Å². The largest absolute Gasteiger partial charge is 0.416 e. The van der Waals surface area contributed by atoms with Crippen LogP contribution >= 0.6 is 0 Å². The summed E-state index contributed by atoms with van der Waals surface area (Å²) in [6, 6.07) is 2.40. The maximum atomic E-state index is 13.1. The molecule has 0 bridgehead atoms. The molecule has 1 aromatic heterocycles. The molecule has 0 atom stereocenters. The number of rotatable bonds is 3. The van der Waals surface area contributed by atoms with Crippen molar-refractivity contribution >= 4 is 22.9 Å². The van der Waals surface area contributed by atoms with Crippen molar-refractivity contribution in [3.8, 4) is 0 Å². The predicted octanol–water partition coefficient (Wildman–Crippen LogP) is 1.68. The summed E-state index contributed by atoms with van der Waals surface area (Å²) in [5, 5.41) is 10.5. The Bertz CT molecular complexity index is 871. The Balaban J connectivity index is 0.00000117. The minimum absolute atomic E-state index is 0.120. The molecule has 1 N–H and O–H groups in total. The monoisotopic (exact) mass is 379 g/mol. The number of aliphatic hydroxyl groups excluding tert-OH is 1. The first-order chi connectivity index (χ1) is 12.1. The zero-order valence-electron chi connectivity index (χ0n) is 13.4. The highest BCUT2D eigenvalue weighted by atomic mass is 19.4. The number of nitrogens with zero attached hydrogens (tertiary/aromatic N) is 3. The number of benzene rings is 1. The van der Waals surface area contributed by atoms with Crippen molar-refractivity contribution in [1.82, 2.24) is 9.78 Å². The van der Waals surface area contributed by atoms with Crippen LogP contribution in [-0.2, 0) is 17.5 Å². The molecule has 1 aliphatic rings. The molecule has 0 aliphatic carbocycles. The molecule has 1 aliphatic heterocycles.